The Labute approximate surface area is 101 Å². The lowest BCUT2D eigenvalue weighted by Gasteiger charge is -2.32. The third-order valence-corrected chi connectivity index (χ3v) is 6.17. The maximum Gasteiger partial charge on any atom is 0.214 e. The molecule has 1 unspecified atom stereocenters. The lowest BCUT2D eigenvalue weighted by Crippen LogP contribution is -2.39. The van der Waals surface area contributed by atoms with Crippen molar-refractivity contribution >= 4 is 21.4 Å². The molecule has 1 aliphatic rings. The zero-order valence-corrected chi connectivity index (χ0v) is 11.3. The lowest BCUT2D eigenvalue weighted by molar-refractivity contribution is 0.329. The van der Waals surface area contributed by atoms with Gasteiger partial charge in [-0.2, -0.15) is 4.31 Å². The predicted molar refractivity (Wildman–Crippen MR) is 67.2 cm³/mol. The Kier molecular flexibility index (Phi) is 3.37. The molecule has 0 spiro atoms. The topological polar surface area (TPSA) is 37.4 Å². The maximum atomic E-state index is 12.1. The van der Waals surface area contributed by atoms with Crippen LogP contribution in [0.25, 0.3) is 0 Å². The molecule has 5 heteroatoms. The van der Waals surface area contributed by atoms with Crippen LogP contribution >= 0.6 is 11.3 Å². The molecule has 1 aromatic heterocycles. The molecule has 3 nitrogen and oxygen atoms in total. The summed E-state index contributed by atoms with van der Waals surface area (Å²) in [6, 6.07) is 2.06. The third-order valence-electron chi connectivity index (χ3n) is 3.04. The van der Waals surface area contributed by atoms with Crippen molar-refractivity contribution in [2.45, 2.75) is 32.7 Å². The van der Waals surface area contributed by atoms with Crippen LogP contribution in [-0.2, 0) is 16.4 Å². The Morgan fingerprint density at radius 3 is 3.00 bits per heavy atom. The molecule has 0 fully saturated rings. The molecule has 0 amide bonds. The van der Waals surface area contributed by atoms with E-state index >= 15 is 0 Å². The molecule has 16 heavy (non-hydrogen) atoms. The van der Waals surface area contributed by atoms with Crippen molar-refractivity contribution in [3.05, 3.63) is 21.9 Å². The summed E-state index contributed by atoms with van der Waals surface area (Å²) in [7, 11) is -3.07. The normalized spacial score (nSPS) is 22.0. The van der Waals surface area contributed by atoms with Gasteiger partial charge in [-0.1, -0.05) is 6.92 Å². The van der Waals surface area contributed by atoms with E-state index in [0.717, 1.165) is 6.42 Å². The molecule has 1 aromatic rings. The number of rotatable bonds is 3. The zero-order valence-electron chi connectivity index (χ0n) is 9.64. The van der Waals surface area contributed by atoms with Gasteiger partial charge in [0.2, 0.25) is 10.0 Å². The molecule has 90 valence electrons. The van der Waals surface area contributed by atoms with Gasteiger partial charge in [0.25, 0.3) is 0 Å². The van der Waals surface area contributed by atoms with Gasteiger partial charge in [0.15, 0.2) is 0 Å². The Morgan fingerprint density at radius 1 is 1.56 bits per heavy atom. The van der Waals surface area contributed by atoms with Gasteiger partial charge in [-0.15, -0.1) is 11.3 Å². The summed E-state index contributed by atoms with van der Waals surface area (Å²) in [5.41, 5.74) is 1.19. The number of hydrogen-bond acceptors (Lipinski definition) is 3. The van der Waals surface area contributed by atoms with E-state index in [1.807, 2.05) is 13.8 Å². The molecule has 0 radical (unpaired) electrons. The first-order valence-electron chi connectivity index (χ1n) is 5.62. The summed E-state index contributed by atoms with van der Waals surface area (Å²) < 4.78 is 25.8. The number of nitrogens with zero attached hydrogens (tertiary/aromatic N) is 1. The fourth-order valence-corrected chi connectivity index (χ4v) is 4.92. The molecule has 1 aliphatic heterocycles. The first kappa shape index (κ1) is 12.1. The fourth-order valence-electron chi connectivity index (χ4n) is 2.24. The summed E-state index contributed by atoms with van der Waals surface area (Å²) in [6.45, 7) is 4.52. The Hall–Kier alpha value is -0.390. The van der Waals surface area contributed by atoms with Crippen LogP contribution in [0.3, 0.4) is 0 Å². The van der Waals surface area contributed by atoms with E-state index < -0.39 is 10.0 Å². The van der Waals surface area contributed by atoms with Crippen molar-refractivity contribution < 1.29 is 8.42 Å². The molecule has 0 N–H and O–H groups in total. The predicted octanol–water partition coefficient (Wildman–Crippen LogP) is 2.41. The average molecular weight is 259 g/mol. The van der Waals surface area contributed by atoms with E-state index in [1.54, 1.807) is 15.6 Å². The average Bonchev–Trinajstić information content (AvgIpc) is 2.66. The molecular formula is C11H17NO2S2. The monoisotopic (exact) mass is 259 g/mol. The molecular weight excluding hydrogens is 242 g/mol. The van der Waals surface area contributed by atoms with Gasteiger partial charge in [-0.3, -0.25) is 0 Å². The van der Waals surface area contributed by atoms with Crippen LogP contribution in [0.5, 0.6) is 0 Å². The second kappa shape index (κ2) is 4.47. The minimum absolute atomic E-state index is 0.00606. The van der Waals surface area contributed by atoms with Gasteiger partial charge >= 0.3 is 0 Å². The first-order chi connectivity index (χ1) is 7.56. The number of fused-ring (bicyclic) bond motifs is 1. The van der Waals surface area contributed by atoms with E-state index in [4.69, 9.17) is 0 Å². The van der Waals surface area contributed by atoms with Crippen LogP contribution in [0.15, 0.2) is 11.4 Å². The van der Waals surface area contributed by atoms with Gasteiger partial charge in [0.1, 0.15) is 0 Å². The van der Waals surface area contributed by atoms with E-state index in [-0.39, 0.29) is 11.8 Å². The van der Waals surface area contributed by atoms with Crippen LogP contribution in [-0.4, -0.2) is 25.0 Å². The van der Waals surface area contributed by atoms with E-state index in [9.17, 15) is 8.42 Å². The second-order valence-electron chi connectivity index (χ2n) is 4.15. The van der Waals surface area contributed by atoms with Gasteiger partial charge in [0, 0.05) is 17.5 Å². The fraction of sp³-hybridized carbons (Fsp3) is 0.636. The van der Waals surface area contributed by atoms with Crippen LogP contribution in [0.2, 0.25) is 0 Å². The summed E-state index contributed by atoms with van der Waals surface area (Å²) in [5, 5.41) is 2.05. The Bertz CT molecular complexity index is 464. The lowest BCUT2D eigenvalue weighted by atomic mass is 10.0. The van der Waals surface area contributed by atoms with Crippen molar-refractivity contribution in [3.8, 4) is 0 Å². The standard InChI is InChI=1S/C11H17NO2S2/c1-3-8-16(13,14)12-6-4-11-10(9(12)2)5-7-15-11/h5,7,9H,3-4,6,8H2,1-2H3. The first-order valence-corrected chi connectivity index (χ1v) is 8.11. The van der Waals surface area contributed by atoms with Crippen LogP contribution in [0.4, 0.5) is 0 Å². The second-order valence-corrected chi connectivity index (χ2v) is 7.19. The van der Waals surface area contributed by atoms with E-state index in [2.05, 4.69) is 11.4 Å². The van der Waals surface area contributed by atoms with Crippen molar-refractivity contribution in [1.29, 1.82) is 0 Å². The molecule has 0 aromatic carbocycles. The largest absolute Gasteiger partial charge is 0.214 e. The SMILES string of the molecule is CCCS(=O)(=O)N1CCc2sccc2C1C. The summed E-state index contributed by atoms with van der Waals surface area (Å²) >= 11 is 1.73. The van der Waals surface area contributed by atoms with Crippen molar-refractivity contribution in [2.24, 2.45) is 0 Å². The Balaban J connectivity index is 2.28. The molecule has 1 atom stereocenters. The molecule has 0 saturated heterocycles. The van der Waals surface area contributed by atoms with Crippen molar-refractivity contribution in [3.63, 3.8) is 0 Å². The summed E-state index contributed by atoms with van der Waals surface area (Å²) in [4.78, 5) is 1.34. The highest BCUT2D eigenvalue weighted by molar-refractivity contribution is 7.89. The zero-order chi connectivity index (χ0) is 11.8. The summed E-state index contributed by atoms with van der Waals surface area (Å²) in [6.07, 6.45) is 1.54. The van der Waals surface area contributed by atoms with Crippen LogP contribution < -0.4 is 0 Å². The number of sulfonamides is 1. The molecule has 0 aliphatic carbocycles. The minimum atomic E-state index is -3.07. The van der Waals surface area contributed by atoms with Gasteiger partial charge < -0.3 is 0 Å². The highest BCUT2D eigenvalue weighted by Crippen LogP contribution is 2.34. The molecule has 2 heterocycles. The molecule has 0 saturated carbocycles. The van der Waals surface area contributed by atoms with Crippen LogP contribution in [0, 0.1) is 0 Å². The third kappa shape index (κ3) is 2.04. The highest BCUT2D eigenvalue weighted by Gasteiger charge is 2.32. The minimum Gasteiger partial charge on any atom is -0.212 e. The highest BCUT2D eigenvalue weighted by atomic mass is 32.2. The number of hydrogen-bond donors (Lipinski definition) is 0. The van der Waals surface area contributed by atoms with E-state index in [0.29, 0.717) is 13.0 Å². The van der Waals surface area contributed by atoms with Gasteiger partial charge in [0.05, 0.1) is 5.75 Å². The van der Waals surface area contributed by atoms with Crippen molar-refractivity contribution in [2.75, 3.05) is 12.3 Å². The summed E-state index contributed by atoms with van der Waals surface area (Å²) in [5.74, 6) is 0.261. The van der Waals surface area contributed by atoms with Gasteiger partial charge in [-0.05, 0) is 36.8 Å². The number of thiophene rings is 1. The van der Waals surface area contributed by atoms with Gasteiger partial charge in [-0.25, -0.2) is 8.42 Å². The maximum absolute atomic E-state index is 12.1. The van der Waals surface area contributed by atoms with E-state index in [1.165, 1.54) is 10.4 Å². The van der Waals surface area contributed by atoms with Crippen molar-refractivity contribution in [1.82, 2.24) is 4.31 Å². The Morgan fingerprint density at radius 2 is 2.31 bits per heavy atom. The van der Waals surface area contributed by atoms with Crippen LogP contribution in [0.1, 0.15) is 36.8 Å². The molecule has 0 bridgehead atoms. The smallest absolute Gasteiger partial charge is 0.212 e. The quantitative estimate of drug-likeness (QED) is 0.836. The molecule has 2 rings (SSSR count).